The van der Waals surface area contributed by atoms with Crippen LogP contribution in [0.1, 0.15) is 21.5 Å². The number of carbonyl (C=O) groups is 1. The molecule has 9 heteroatoms. The zero-order chi connectivity index (χ0) is 14.3. The molecule has 2 nitrogen and oxygen atoms in total. The van der Waals surface area contributed by atoms with Crippen LogP contribution in [0.25, 0.3) is 0 Å². The maximum Gasteiger partial charge on any atom is 0.417 e. The average molecular weight is 292 g/mol. The fraction of sp³-hybridized carbons (Fsp3) is 0.222. The summed E-state index contributed by atoms with van der Waals surface area (Å²) in [4.78, 5) is 10.7. The molecule has 2 N–H and O–H groups in total. The fourth-order valence-corrected chi connectivity index (χ4v) is 1.42. The summed E-state index contributed by atoms with van der Waals surface area (Å²) in [7, 11) is 0. The van der Waals surface area contributed by atoms with E-state index in [1.54, 1.807) is 0 Å². The monoisotopic (exact) mass is 291 g/mol. The number of benzene rings is 1. The van der Waals surface area contributed by atoms with Crippen molar-refractivity contribution in [1.29, 1.82) is 0 Å². The van der Waals surface area contributed by atoms with Crippen LogP contribution in [0.5, 0.6) is 0 Å². The standard InChI is InChI=1S/C9H4ClF6NO/c10-7(18)3-1-4(8(11,12)13)5(2-6(3)17)9(14,15)16/h1-2H,17H2. The minimum atomic E-state index is -5.28. The van der Waals surface area contributed by atoms with Crippen LogP contribution in [0.2, 0.25) is 0 Å². The first kappa shape index (κ1) is 14.6. The fourth-order valence-electron chi connectivity index (χ4n) is 1.26. The van der Waals surface area contributed by atoms with Gasteiger partial charge in [0.05, 0.1) is 16.7 Å². The zero-order valence-corrected chi connectivity index (χ0v) is 9.04. The van der Waals surface area contributed by atoms with Gasteiger partial charge in [0.25, 0.3) is 5.24 Å². The highest BCUT2D eigenvalue weighted by Crippen LogP contribution is 2.42. The highest BCUT2D eigenvalue weighted by molar-refractivity contribution is 6.68. The summed E-state index contributed by atoms with van der Waals surface area (Å²) < 4.78 is 74.6. The Hall–Kier alpha value is -1.44. The number of carbonyl (C=O) groups excluding carboxylic acids is 1. The summed E-state index contributed by atoms with van der Waals surface area (Å²) in [5.74, 6) is 0. The third kappa shape index (κ3) is 2.87. The summed E-state index contributed by atoms with van der Waals surface area (Å²) in [6.07, 6.45) is -10.5. The van der Waals surface area contributed by atoms with E-state index in [0.717, 1.165) is 0 Å². The first-order valence-corrected chi connectivity index (χ1v) is 4.60. The van der Waals surface area contributed by atoms with E-state index in [9.17, 15) is 31.1 Å². The minimum Gasteiger partial charge on any atom is -0.398 e. The van der Waals surface area contributed by atoms with Crippen LogP contribution in [-0.2, 0) is 12.4 Å². The molecule has 100 valence electrons. The molecule has 0 fully saturated rings. The molecule has 0 unspecified atom stereocenters. The number of nitrogen functional groups attached to an aromatic ring is 1. The van der Waals surface area contributed by atoms with E-state index in [4.69, 9.17) is 17.3 Å². The van der Waals surface area contributed by atoms with Gasteiger partial charge in [-0.1, -0.05) is 0 Å². The number of alkyl halides is 6. The van der Waals surface area contributed by atoms with Crippen LogP contribution in [-0.4, -0.2) is 5.24 Å². The lowest BCUT2D eigenvalue weighted by atomic mass is 10.0. The second-order valence-electron chi connectivity index (χ2n) is 3.25. The van der Waals surface area contributed by atoms with Crippen molar-refractivity contribution in [2.45, 2.75) is 12.4 Å². The van der Waals surface area contributed by atoms with Gasteiger partial charge in [0, 0.05) is 5.69 Å². The lowest BCUT2D eigenvalue weighted by molar-refractivity contribution is -0.162. The van der Waals surface area contributed by atoms with Gasteiger partial charge in [-0.2, -0.15) is 26.3 Å². The summed E-state index contributed by atoms with van der Waals surface area (Å²) >= 11 is 4.93. The van der Waals surface area contributed by atoms with E-state index in [-0.39, 0.29) is 12.1 Å². The number of hydrogen-bond donors (Lipinski definition) is 1. The molecule has 0 aromatic heterocycles. The van der Waals surface area contributed by atoms with E-state index >= 15 is 0 Å². The Morgan fingerprint density at radius 2 is 1.39 bits per heavy atom. The topological polar surface area (TPSA) is 43.1 Å². The van der Waals surface area contributed by atoms with Gasteiger partial charge in [0.15, 0.2) is 0 Å². The van der Waals surface area contributed by atoms with Gasteiger partial charge in [0.1, 0.15) is 0 Å². The van der Waals surface area contributed by atoms with Crippen molar-refractivity contribution in [1.82, 2.24) is 0 Å². The predicted octanol–water partition coefficient (Wildman–Crippen LogP) is 3.69. The molecule has 1 aromatic carbocycles. The smallest absolute Gasteiger partial charge is 0.398 e. The van der Waals surface area contributed by atoms with Gasteiger partial charge in [-0.15, -0.1) is 0 Å². The maximum atomic E-state index is 12.5. The van der Waals surface area contributed by atoms with E-state index in [0.29, 0.717) is 0 Å². The number of nitrogens with two attached hydrogens (primary N) is 1. The molecule has 18 heavy (non-hydrogen) atoms. The Morgan fingerprint density at radius 3 is 1.72 bits per heavy atom. The van der Waals surface area contributed by atoms with Gasteiger partial charge >= 0.3 is 12.4 Å². The van der Waals surface area contributed by atoms with Crippen LogP contribution >= 0.6 is 11.6 Å². The molecule has 0 atom stereocenters. The second kappa shape index (κ2) is 4.34. The van der Waals surface area contributed by atoms with Crippen LogP contribution < -0.4 is 5.73 Å². The van der Waals surface area contributed by atoms with Gasteiger partial charge < -0.3 is 5.73 Å². The van der Waals surface area contributed by atoms with Gasteiger partial charge in [-0.05, 0) is 23.7 Å². The predicted molar refractivity (Wildman–Crippen MR) is 51.0 cm³/mol. The molecule has 0 bridgehead atoms. The Kier molecular flexibility index (Phi) is 3.53. The summed E-state index contributed by atoms with van der Waals surface area (Å²) in [5, 5.41) is -1.37. The zero-order valence-electron chi connectivity index (χ0n) is 8.29. The van der Waals surface area contributed by atoms with E-state index in [2.05, 4.69) is 0 Å². The van der Waals surface area contributed by atoms with Crippen molar-refractivity contribution in [3.8, 4) is 0 Å². The first-order valence-electron chi connectivity index (χ1n) is 4.22. The molecule has 0 saturated heterocycles. The summed E-state index contributed by atoms with van der Waals surface area (Å²) in [5.41, 5.74) is -0.502. The third-order valence-electron chi connectivity index (χ3n) is 2.01. The molecule has 1 aromatic rings. The van der Waals surface area contributed by atoms with E-state index < -0.39 is 40.0 Å². The molecule has 0 heterocycles. The van der Waals surface area contributed by atoms with Gasteiger partial charge in [0.2, 0.25) is 0 Å². The third-order valence-corrected chi connectivity index (χ3v) is 2.22. The average Bonchev–Trinajstić information content (AvgIpc) is 2.13. The van der Waals surface area contributed by atoms with Crippen LogP contribution in [0.4, 0.5) is 32.0 Å². The minimum absolute atomic E-state index is 0.00646. The molecule has 0 saturated carbocycles. The lowest BCUT2D eigenvalue weighted by Crippen LogP contribution is -2.18. The maximum absolute atomic E-state index is 12.5. The molecular weight excluding hydrogens is 288 g/mol. The molecule has 0 radical (unpaired) electrons. The van der Waals surface area contributed by atoms with Crippen molar-refractivity contribution in [3.63, 3.8) is 0 Å². The Bertz CT molecular complexity index is 493. The number of halogens is 7. The lowest BCUT2D eigenvalue weighted by Gasteiger charge is -2.17. The summed E-state index contributed by atoms with van der Waals surface area (Å²) in [6.45, 7) is 0. The molecule has 0 aliphatic heterocycles. The van der Waals surface area contributed by atoms with E-state index in [1.165, 1.54) is 0 Å². The molecule has 0 aliphatic carbocycles. The van der Waals surface area contributed by atoms with Crippen LogP contribution in [0.3, 0.4) is 0 Å². The first-order chi connectivity index (χ1) is 7.94. The Morgan fingerprint density at radius 1 is 1.00 bits per heavy atom. The van der Waals surface area contributed by atoms with Gasteiger partial charge in [-0.25, -0.2) is 0 Å². The van der Waals surface area contributed by atoms with Crippen LogP contribution in [0.15, 0.2) is 12.1 Å². The normalized spacial score (nSPS) is 12.6. The number of anilines is 1. The van der Waals surface area contributed by atoms with Crippen molar-refractivity contribution in [3.05, 3.63) is 28.8 Å². The van der Waals surface area contributed by atoms with Crippen molar-refractivity contribution < 1.29 is 31.1 Å². The largest absolute Gasteiger partial charge is 0.417 e. The number of rotatable bonds is 1. The highest BCUT2D eigenvalue weighted by atomic mass is 35.5. The van der Waals surface area contributed by atoms with Crippen molar-refractivity contribution >= 4 is 22.5 Å². The summed E-state index contributed by atoms with van der Waals surface area (Å²) in [6, 6.07) is 0.0337. The molecular formula is C9H4ClF6NO. The number of hydrogen-bond acceptors (Lipinski definition) is 2. The Balaban J connectivity index is 3.64. The van der Waals surface area contributed by atoms with Crippen LogP contribution in [0, 0.1) is 0 Å². The quantitative estimate of drug-likeness (QED) is 0.487. The highest BCUT2D eigenvalue weighted by Gasteiger charge is 2.43. The van der Waals surface area contributed by atoms with Crippen molar-refractivity contribution in [2.24, 2.45) is 0 Å². The molecule has 0 amide bonds. The molecule has 0 spiro atoms. The SMILES string of the molecule is Nc1cc(C(F)(F)F)c(C(F)(F)F)cc1C(=O)Cl. The second-order valence-corrected chi connectivity index (χ2v) is 3.60. The molecule has 1 rings (SSSR count). The van der Waals surface area contributed by atoms with Gasteiger partial charge in [-0.3, -0.25) is 4.79 Å². The Labute approximate surface area is 101 Å². The molecule has 0 aliphatic rings. The van der Waals surface area contributed by atoms with E-state index in [1.807, 2.05) is 0 Å². The van der Waals surface area contributed by atoms with Crippen molar-refractivity contribution in [2.75, 3.05) is 5.73 Å².